The number of nitrogens with zero attached hydrogens (tertiary/aromatic N) is 1. The summed E-state index contributed by atoms with van der Waals surface area (Å²) in [6.45, 7) is 5.67. The van der Waals surface area contributed by atoms with Gasteiger partial charge in [-0.05, 0) is 62.1 Å². The monoisotopic (exact) mass is 367 g/mol. The Morgan fingerprint density at radius 2 is 1.85 bits per heavy atom. The van der Waals surface area contributed by atoms with Crippen LogP contribution in [0.1, 0.15) is 34.3 Å². The van der Waals surface area contributed by atoms with Gasteiger partial charge in [0, 0.05) is 18.7 Å². The van der Waals surface area contributed by atoms with Gasteiger partial charge in [-0.15, -0.1) is 0 Å². The van der Waals surface area contributed by atoms with Gasteiger partial charge in [-0.3, -0.25) is 9.59 Å². The molecular weight excluding hydrogens is 342 g/mol. The molecule has 1 aliphatic heterocycles. The van der Waals surface area contributed by atoms with E-state index in [0.717, 1.165) is 42.7 Å². The minimum Gasteiger partial charge on any atom is -0.483 e. The van der Waals surface area contributed by atoms with E-state index in [1.165, 1.54) is 0 Å². The van der Waals surface area contributed by atoms with Crippen molar-refractivity contribution in [1.29, 1.82) is 0 Å². The number of anilines is 2. The Labute approximate surface area is 159 Å². The van der Waals surface area contributed by atoms with Crippen LogP contribution >= 0.6 is 0 Å². The van der Waals surface area contributed by atoms with Gasteiger partial charge >= 0.3 is 0 Å². The third-order valence-corrected chi connectivity index (χ3v) is 4.70. The molecular formula is C21H25N3O3. The zero-order chi connectivity index (χ0) is 19.4. The molecule has 6 nitrogen and oxygen atoms in total. The lowest BCUT2D eigenvalue weighted by atomic mass is 10.1. The minimum atomic E-state index is -0.523. The molecule has 2 aromatic rings. The predicted molar refractivity (Wildman–Crippen MR) is 106 cm³/mol. The summed E-state index contributed by atoms with van der Waals surface area (Å²) < 4.78 is 5.68. The van der Waals surface area contributed by atoms with Crippen molar-refractivity contribution in [3.05, 3.63) is 53.1 Å². The first-order valence-electron chi connectivity index (χ1n) is 9.13. The van der Waals surface area contributed by atoms with Crippen LogP contribution in [0.15, 0.2) is 36.4 Å². The van der Waals surface area contributed by atoms with E-state index in [9.17, 15) is 9.59 Å². The predicted octanol–water partition coefficient (Wildman–Crippen LogP) is 3.02. The van der Waals surface area contributed by atoms with Crippen molar-refractivity contribution in [2.45, 2.75) is 26.7 Å². The maximum Gasteiger partial charge on any atom is 0.262 e. The fraction of sp³-hybridized carbons (Fsp3) is 0.333. The number of benzene rings is 2. The number of hydrogen-bond acceptors (Lipinski definition) is 4. The fourth-order valence-electron chi connectivity index (χ4n) is 3.22. The molecule has 142 valence electrons. The normalized spacial score (nSPS) is 13.5. The summed E-state index contributed by atoms with van der Waals surface area (Å²) >= 11 is 0. The number of carbonyl (C=O) groups excluding carboxylic acids is 2. The highest BCUT2D eigenvalue weighted by Crippen LogP contribution is 2.30. The highest BCUT2D eigenvalue weighted by Gasteiger charge is 2.18. The van der Waals surface area contributed by atoms with E-state index in [4.69, 9.17) is 10.5 Å². The molecule has 6 heteroatoms. The molecule has 2 aromatic carbocycles. The van der Waals surface area contributed by atoms with Gasteiger partial charge in [0.25, 0.3) is 5.91 Å². The van der Waals surface area contributed by atoms with Gasteiger partial charge in [-0.1, -0.05) is 12.1 Å². The summed E-state index contributed by atoms with van der Waals surface area (Å²) in [6, 6.07) is 11.0. The van der Waals surface area contributed by atoms with Crippen molar-refractivity contribution in [3.63, 3.8) is 0 Å². The second kappa shape index (κ2) is 8.12. The Morgan fingerprint density at radius 3 is 2.56 bits per heavy atom. The lowest BCUT2D eigenvalue weighted by molar-refractivity contribution is -0.118. The molecule has 1 fully saturated rings. The van der Waals surface area contributed by atoms with E-state index >= 15 is 0 Å². The van der Waals surface area contributed by atoms with Crippen LogP contribution in [-0.4, -0.2) is 31.5 Å². The van der Waals surface area contributed by atoms with E-state index in [-0.39, 0.29) is 12.5 Å². The quantitative estimate of drug-likeness (QED) is 0.822. The first kappa shape index (κ1) is 18.8. The molecule has 3 rings (SSSR count). The van der Waals surface area contributed by atoms with Crippen LogP contribution < -0.4 is 20.7 Å². The standard InChI is InChI=1S/C21H25N3O3/c1-14-5-6-15(2)19(11-14)27-13-20(25)23-17-12-16(21(22)26)7-8-18(17)24-9-3-4-10-24/h5-8,11-12H,3-4,9-10,13H2,1-2H3,(H2,22,26)(H,23,25). The van der Waals surface area contributed by atoms with Gasteiger partial charge in [0.1, 0.15) is 5.75 Å². The molecule has 1 aliphatic rings. The van der Waals surface area contributed by atoms with Crippen LogP contribution in [0.5, 0.6) is 5.75 Å². The van der Waals surface area contributed by atoms with Gasteiger partial charge in [-0.2, -0.15) is 0 Å². The minimum absolute atomic E-state index is 0.107. The zero-order valence-corrected chi connectivity index (χ0v) is 15.7. The third-order valence-electron chi connectivity index (χ3n) is 4.70. The summed E-state index contributed by atoms with van der Waals surface area (Å²) in [5.74, 6) is -0.112. The van der Waals surface area contributed by atoms with E-state index < -0.39 is 5.91 Å². The Hall–Kier alpha value is -3.02. The van der Waals surface area contributed by atoms with Crippen LogP contribution in [0.3, 0.4) is 0 Å². The second-order valence-electron chi connectivity index (χ2n) is 6.90. The molecule has 3 N–H and O–H groups in total. The Bertz CT molecular complexity index is 858. The van der Waals surface area contributed by atoms with Crippen molar-refractivity contribution in [1.82, 2.24) is 0 Å². The summed E-state index contributed by atoms with van der Waals surface area (Å²) in [5.41, 5.74) is 9.29. The molecule has 27 heavy (non-hydrogen) atoms. The average Bonchev–Trinajstić information content (AvgIpc) is 3.17. The summed E-state index contributed by atoms with van der Waals surface area (Å²) in [4.78, 5) is 26.2. The van der Waals surface area contributed by atoms with Crippen LogP contribution in [0, 0.1) is 13.8 Å². The van der Waals surface area contributed by atoms with Crippen molar-refractivity contribution in [3.8, 4) is 5.75 Å². The molecule has 2 amide bonds. The summed E-state index contributed by atoms with van der Waals surface area (Å²) in [7, 11) is 0. The molecule has 0 unspecified atom stereocenters. The lowest BCUT2D eigenvalue weighted by Gasteiger charge is -2.22. The van der Waals surface area contributed by atoms with E-state index in [2.05, 4.69) is 10.2 Å². The number of carbonyl (C=O) groups is 2. The van der Waals surface area contributed by atoms with E-state index in [1.807, 2.05) is 38.1 Å². The average molecular weight is 367 g/mol. The molecule has 0 bridgehead atoms. The number of primary amides is 1. The molecule has 0 saturated carbocycles. The largest absolute Gasteiger partial charge is 0.483 e. The number of nitrogens with two attached hydrogens (primary N) is 1. The first-order chi connectivity index (χ1) is 12.9. The molecule has 1 saturated heterocycles. The topological polar surface area (TPSA) is 84.7 Å². The molecule has 0 aliphatic carbocycles. The van der Waals surface area contributed by atoms with Gasteiger partial charge in [0.05, 0.1) is 11.4 Å². The van der Waals surface area contributed by atoms with E-state index in [0.29, 0.717) is 17.0 Å². The number of rotatable bonds is 6. The molecule has 1 heterocycles. The van der Waals surface area contributed by atoms with Crippen molar-refractivity contribution in [2.75, 3.05) is 29.9 Å². The first-order valence-corrected chi connectivity index (χ1v) is 9.13. The van der Waals surface area contributed by atoms with Gasteiger partial charge in [0.15, 0.2) is 6.61 Å². The zero-order valence-electron chi connectivity index (χ0n) is 15.7. The summed E-state index contributed by atoms with van der Waals surface area (Å²) in [5, 5.41) is 2.87. The van der Waals surface area contributed by atoms with Gasteiger partial charge in [0.2, 0.25) is 5.91 Å². The van der Waals surface area contributed by atoms with Crippen molar-refractivity contribution in [2.24, 2.45) is 5.73 Å². The highest BCUT2D eigenvalue weighted by molar-refractivity contribution is 5.99. The Balaban J connectivity index is 1.74. The molecule has 0 spiro atoms. The van der Waals surface area contributed by atoms with Crippen LogP contribution in [0.2, 0.25) is 0 Å². The molecule has 0 radical (unpaired) electrons. The van der Waals surface area contributed by atoms with Gasteiger partial charge in [-0.25, -0.2) is 0 Å². The summed E-state index contributed by atoms with van der Waals surface area (Å²) in [6.07, 6.45) is 2.22. The Morgan fingerprint density at radius 1 is 1.11 bits per heavy atom. The lowest BCUT2D eigenvalue weighted by Crippen LogP contribution is -2.25. The Kier molecular flexibility index (Phi) is 5.64. The SMILES string of the molecule is Cc1ccc(C)c(OCC(=O)Nc2cc(C(N)=O)ccc2N2CCCC2)c1. The van der Waals surface area contributed by atoms with Crippen LogP contribution in [-0.2, 0) is 4.79 Å². The van der Waals surface area contributed by atoms with Crippen LogP contribution in [0.4, 0.5) is 11.4 Å². The number of aryl methyl sites for hydroxylation is 2. The highest BCUT2D eigenvalue weighted by atomic mass is 16.5. The number of nitrogens with one attached hydrogen (secondary N) is 1. The van der Waals surface area contributed by atoms with Gasteiger partial charge < -0.3 is 20.7 Å². The number of ether oxygens (including phenoxy) is 1. The van der Waals surface area contributed by atoms with Crippen molar-refractivity contribution >= 4 is 23.2 Å². The third kappa shape index (κ3) is 4.58. The molecule has 0 aromatic heterocycles. The van der Waals surface area contributed by atoms with Crippen LogP contribution in [0.25, 0.3) is 0 Å². The van der Waals surface area contributed by atoms with Crippen molar-refractivity contribution < 1.29 is 14.3 Å². The maximum atomic E-state index is 12.5. The second-order valence-corrected chi connectivity index (χ2v) is 6.90. The fourth-order valence-corrected chi connectivity index (χ4v) is 3.22. The number of amides is 2. The molecule has 0 atom stereocenters. The maximum absolute atomic E-state index is 12.5. The smallest absolute Gasteiger partial charge is 0.262 e. The number of hydrogen-bond donors (Lipinski definition) is 2. The van der Waals surface area contributed by atoms with E-state index in [1.54, 1.807) is 12.1 Å².